The summed E-state index contributed by atoms with van der Waals surface area (Å²) in [6.45, 7) is 2.20. The molecule has 0 fully saturated rings. The first-order chi connectivity index (χ1) is 11.8. The molecule has 0 aliphatic carbocycles. The normalized spacial score (nSPS) is 10.9. The highest BCUT2D eigenvalue weighted by molar-refractivity contribution is 5.75. The van der Waals surface area contributed by atoms with Crippen LogP contribution in [0, 0.1) is 0 Å². The molecule has 0 N–H and O–H groups in total. The standard InChI is InChI=1S/C23H22O/c1-3-20-14-11-19(17-23(20)21-7-5-4-6-8-21)10-9-18-12-15-22(24-2)16-13-18/h4-17H,3H2,1-2H3/b10-9+. The fraction of sp³-hybridized carbons (Fsp3) is 0.130. The van der Waals surface area contributed by atoms with Gasteiger partial charge in [0.2, 0.25) is 0 Å². The average molecular weight is 314 g/mol. The van der Waals surface area contributed by atoms with Gasteiger partial charge in [0.05, 0.1) is 7.11 Å². The van der Waals surface area contributed by atoms with Crippen LogP contribution in [0.2, 0.25) is 0 Å². The number of aryl methyl sites for hydroxylation is 1. The summed E-state index contributed by atoms with van der Waals surface area (Å²) in [6.07, 6.45) is 5.33. The van der Waals surface area contributed by atoms with E-state index in [9.17, 15) is 0 Å². The lowest BCUT2D eigenvalue weighted by Crippen LogP contribution is -1.88. The maximum Gasteiger partial charge on any atom is 0.118 e. The topological polar surface area (TPSA) is 9.23 Å². The lowest BCUT2D eigenvalue weighted by Gasteiger charge is -2.09. The van der Waals surface area contributed by atoms with Crippen LogP contribution in [-0.4, -0.2) is 7.11 Å². The highest BCUT2D eigenvalue weighted by Gasteiger charge is 2.04. The van der Waals surface area contributed by atoms with E-state index >= 15 is 0 Å². The molecule has 0 saturated carbocycles. The molecule has 3 rings (SSSR count). The quantitative estimate of drug-likeness (QED) is 0.517. The molecule has 1 heteroatoms. The van der Waals surface area contributed by atoms with Crippen molar-refractivity contribution in [3.05, 3.63) is 89.5 Å². The SMILES string of the molecule is CCc1ccc(/C=C/c2ccc(OC)cc2)cc1-c1ccccc1. The van der Waals surface area contributed by atoms with E-state index in [1.165, 1.54) is 22.3 Å². The van der Waals surface area contributed by atoms with Gasteiger partial charge in [-0.1, -0.05) is 73.7 Å². The Balaban J connectivity index is 1.89. The van der Waals surface area contributed by atoms with E-state index in [0.717, 1.165) is 17.7 Å². The summed E-state index contributed by atoms with van der Waals surface area (Å²) in [5.41, 5.74) is 6.34. The lowest BCUT2D eigenvalue weighted by molar-refractivity contribution is 0.415. The van der Waals surface area contributed by atoms with Crippen molar-refractivity contribution < 1.29 is 4.74 Å². The maximum atomic E-state index is 5.20. The second kappa shape index (κ2) is 7.65. The van der Waals surface area contributed by atoms with Gasteiger partial charge in [-0.2, -0.15) is 0 Å². The van der Waals surface area contributed by atoms with Gasteiger partial charge in [-0.25, -0.2) is 0 Å². The Morgan fingerprint density at radius 1 is 0.792 bits per heavy atom. The first-order valence-electron chi connectivity index (χ1n) is 8.30. The number of hydrogen-bond acceptors (Lipinski definition) is 1. The van der Waals surface area contributed by atoms with E-state index in [1.807, 2.05) is 12.1 Å². The largest absolute Gasteiger partial charge is 0.497 e. The summed E-state index contributed by atoms with van der Waals surface area (Å²) in [6, 6.07) is 25.4. The van der Waals surface area contributed by atoms with Gasteiger partial charge in [-0.15, -0.1) is 0 Å². The third-order valence-electron chi connectivity index (χ3n) is 4.18. The van der Waals surface area contributed by atoms with Crippen LogP contribution in [0.15, 0.2) is 72.8 Å². The van der Waals surface area contributed by atoms with Crippen LogP contribution < -0.4 is 4.74 Å². The van der Waals surface area contributed by atoms with Crippen molar-refractivity contribution in [2.45, 2.75) is 13.3 Å². The smallest absolute Gasteiger partial charge is 0.118 e. The predicted octanol–water partition coefficient (Wildman–Crippen LogP) is 6.10. The zero-order valence-electron chi connectivity index (χ0n) is 14.2. The molecule has 0 aromatic heterocycles. The van der Waals surface area contributed by atoms with Crippen LogP contribution in [0.1, 0.15) is 23.6 Å². The highest BCUT2D eigenvalue weighted by Crippen LogP contribution is 2.26. The van der Waals surface area contributed by atoms with Crippen molar-refractivity contribution >= 4 is 12.2 Å². The van der Waals surface area contributed by atoms with Crippen molar-refractivity contribution in [1.29, 1.82) is 0 Å². The molecule has 0 heterocycles. The van der Waals surface area contributed by atoms with Crippen LogP contribution in [0.4, 0.5) is 0 Å². The summed E-state index contributed by atoms with van der Waals surface area (Å²) < 4.78 is 5.20. The lowest BCUT2D eigenvalue weighted by atomic mass is 9.95. The Hall–Kier alpha value is -2.80. The number of ether oxygens (including phenoxy) is 1. The monoisotopic (exact) mass is 314 g/mol. The summed E-state index contributed by atoms with van der Waals surface area (Å²) in [7, 11) is 1.69. The van der Waals surface area contributed by atoms with Gasteiger partial charge < -0.3 is 4.74 Å². The fourth-order valence-corrected chi connectivity index (χ4v) is 2.80. The maximum absolute atomic E-state index is 5.20. The highest BCUT2D eigenvalue weighted by atomic mass is 16.5. The van der Waals surface area contributed by atoms with Gasteiger partial charge in [0.25, 0.3) is 0 Å². The van der Waals surface area contributed by atoms with Crippen LogP contribution >= 0.6 is 0 Å². The number of benzene rings is 3. The minimum absolute atomic E-state index is 0.880. The van der Waals surface area contributed by atoms with E-state index < -0.39 is 0 Å². The zero-order chi connectivity index (χ0) is 16.8. The Morgan fingerprint density at radius 2 is 1.46 bits per heavy atom. The minimum Gasteiger partial charge on any atom is -0.497 e. The van der Waals surface area contributed by atoms with Crippen molar-refractivity contribution in [2.75, 3.05) is 7.11 Å². The molecule has 3 aromatic carbocycles. The molecule has 0 unspecified atom stereocenters. The Morgan fingerprint density at radius 3 is 2.12 bits per heavy atom. The van der Waals surface area contributed by atoms with Crippen molar-refractivity contribution in [3.63, 3.8) is 0 Å². The van der Waals surface area contributed by atoms with Gasteiger partial charge in [-0.3, -0.25) is 0 Å². The predicted molar refractivity (Wildman–Crippen MR) is 103 cm³/mol. The fourth-order valence-electron chi connectivity index (χ4n) is 2.80. The molecule has 0 saturated heterocycles. The molecule has 3 aromatic rings. The van der Waals surface area contributed by atoms with E-state index in [0.29, 0.717) is 0 Å². The molecule has 0 atom stereocenters. The molecule has 0 spiro atoms. The second-order valence-corrected chi connectivity index (χ2v) is 5.74. The van der Waals surface area contributed by atoms with Gasteiger partial charge in [0, 0.05) is 0 Å². The van der Waals surface area contributed by atoms with Crippen molar-refractivity contribution in [1.82, 2.24) is 0 Å². The van der Waals surface area contributed by atoms with Gasteiger partial charge in [0.15, 0.2) is 0 Å². The molecule has 0 amide bonds. The second-order valence-electron chi connectivity index (χ2n) is 5.74. The molecule has 24 heavy (non-hydrogen) atoms. The summed E-state index contributed by atoms with van der Waals surface area (Å²) >= 11 is 0. The van der Waals surface area contributed by atoms with E-state index in [1.54, 1.807) is 7.11 Å². The van der Waals surface area contributed by atoms with Crippen molar-refractivity contribution in [3.8, 4) is 16.9 Å². The summed E-state index contributed by atoms with van der Waals surface area (Å²) in [4.78, 5) is 0. The first kappa shape index (κ1) is 16.1. The third-order valence-corrected chi connectivity index (χ3v) is 4.18. The van der Waals surface area contributed by atoms with E-state index in [2.05, 4.69) is 79.7 Å². The molecule has 0 aliphatic rings. The molecule has 0 aliphatic heterocycles. The molecular formula is C23H22O. The number of methoxy groups -OCH3 is 1. The first-order valence-corrected chi connectivity index (χ1v) is 8.30. The summed E-state index contributed by atoms with van der Waals surface area (Å²) in [5, 5.41) is 0. The Labute approximate surface area is 144 Å². The number of rotatable bonds is 5. The third kappa shape index (κ3) is 3.75. The molecule has 0 bridgehead atoms. The average Bonchev–Trinajstić information content (AvgIpc) is 2.67. The van der Waals surface area contributed by atoms with Gasteiger partial charge >= 0.3 is 0 Å². The van der Waals surface area contributed by atoms with Crippen LogP contribution in [-0.2, 0) is 6.42 Å². The Kier molecular flexibility index (Phi) is 5.12. The Bertz CT molecular complexity index is 814. The minimum atomic E-state index is 0.880. The van der Waals surface area contributed by atoms with Crippen LogP contribution in [0.25, 0.3) is 23.3 Å². The molecule has 0 radical (unpaired) electrons. The molecular weight excluding hydrogens is 292 g/mol. The van der Waals surface area contributed by atoms with Gasteiger partial charge in [-0.05, 0) is 52.4 Å². The molecule has 1 nitrogen and oxygen atoms in total. The molecule has 120 valence electrons. The van der Waals surface area contributed by atoms with Crippen LogP contribution in [0.3, 0.4) is 0 Å². The van der Waals surface area contributed by atoms with Gasteiger partial charge in [0.1, 0.15) is 5.75 Å². The van der Waals surface area contributed by atoms with E-state index in [4.69, 9.17) is 4.74 Å². The summed E-state index contributed by atoms with van der Waals surface area (Å²) in [5.74, 6) is 0.880. The number of hydrogen-bond donors (Lipinski definition) is 0. The van der Waals surface area contributed by atoms with E-state index in [-0.39, 0.29) is 0 Å². The zero-order valence-corrected chi connectivity index (χ0v) is 14.2. The van der Waals surface area contributed by atoms with Crippen LogP contribution in [0.5, 0.6) is 5.75 Å². The van der Waals surface area contributed by atoms with Crippen molar-refractivity contribution in [2.24, 2.45) is 0 Å².